The fourth-order valence-corrected chi connectivity index (χ4v) is 3.65. The molecule has 1 unspecified atom stereocenters. The number of hydrogen-bond donors (Lipinski definition) is 2. The highest BCUT2D eigenvalue weighted by molar-refractivity contribution is 5.85. The Hall–Kier alpha value is -0.280. The second-order valence-corrected chi connectivity index (χ2v) is 5.55. The molecule has 2 rings (SSSR count). The zero-order valence-corrected chi connectivity index (χ0v) is 11.2. The Balaban J connectivity index is 0.00000144. The first kappa shape index (κ1) is 14.8. The van der Waals surface area contributed by atoms with E-state index in [0.717, 1.165) is 25.9 Å². The molecule has 0 aromatic carbocycles. The van der Waals surface area contributed by atoms with Gasteiger partial charge in [-0.1, -0.05) is 19.3 Å². The van der Waals surface area contributed by atoms with Crippen molar-refractivity contribution in [3.8, 4) is 0 Å². The minimum atomic E-state index is -0.616. The average Bonchev–Trinajstić information content (AvgIpc) is 2.30. The molecular formula is C13H24ClNO2. The van der Waals surface area contributed by atoms with Crippen molar-refractivity contribution in [2.24, 2.45) is 11.3 Å². The van der Waals surface area contributed by atoms with E-state index in [9.17, 15) is 4.79 Å². The first-order valence-electron chi connectivity index (χ1n) is 6.65. The lowest BCUT2D eigenvalue weighted by atomic mass is 9.63. The zero-order chi connectivity index (χ0) is 11.4. The van der Waals surface area contributed by atoms with Crippen molar-refractivity contribution < 1.29 is 9.90 Å². The third kappa shape index (κ3) is 3.59. The van der Waals surface area contributed by atoms with Crippen LogP contribution >= 0.6 is 12.4 Å². The second kappa shape index (κ2) is 6.60. The molecule has 100 valence electrons. The molecule has 0 aromatic rings. The number of rotatable bonds is 3. The molecule has 1 aliphatic carbocycles. The fraction of sp³-hybridized carbons (Fsp3) is 0.923. The molecule has 17 heavy (non-hydrogen) atoms. The van der Waals surface area contributed by atoms with Crippen molar-refractivity contribution in [3.05, 3.63) is 0 Å². The van der Waals surface area contributed by atoms with E-state index in [4.69, 9.17) is 5.11 Å². The summed E-state index contributed by atoms with van der Waals surface area (Å²) in [4.78, 5) is 11.1. The average molecular weight is 262 g/mol. The minimum absolute atomic E-state index is 0. The number of carboxylic acids is 1. The van der Waals surface area contributed by atoms with Crippen LogP contribution in [-0.2, 0) is 4.79 Å². The van der Waals surface area contributed by atoms with Gasteiger partial charge >= 0.3 is 5.97 Å². The van der Waals surface area contributed by atoms with E-state index in [1.54, 1.807) is 0 Å². The molecule has 0 radical (unpaired) electrons. The summed E-state index contributed by atoms with van der Waals surface area (Å²) in [5.74, 6) is 0.0272. The van der Waals surface area contributed by atoms with Crippen molar-refractivity contribution in [2.75, 3.05) is 13.1 Å². The summed E-state index contributed by atoms with van der Waals surface area (Å²) < 4.78 is 0. The number of carboxylic acid groups (broad SMARTS) is 1. The van der Waals surface area contributed by atoms with Gasteiger partial charge in [0.25, 0.3) is 0 Å². The molecule has 0 spiro atoms. The van der Waals surface area contributed by atoms with Crippen LogP contribution in [0.25, 0.3) is 0 Å². The molecular weight excluding hydrogens is 238 g/mol. The lowest BCUT2D eigenvalue weighted by Crippen LogP contribution is -2.46. The number of piperidine rings is 1. The quantitative estimate of drug-likeness (QED) is 0.821. The van der Waals surface area contributed by atoms with Crippen molar-refractivity contribution >= 4 is 18.4 Å². The van der Waals surface area contributed by atoms with Crippen LogP contribution < -0.4 is 5.32 Å². The van der Waals surface area contributed by atoms with Gasteiger partial charge in [0, 0.05) is 6.54 Å². The van der Waals surface area contributed by atoms with Crippen LogP contribution in [0.5, 0.6) is 0 Å². The third-order valence-corrected chi connectivity index (χ3v) is 4.48. The second-order valence-electron chi connectivity index (χ2n) is 5.55. The van der Waals surface area contributed by atoms with Crippen molar-refractivity contribution in [1.29, 1.82) is 0 Å². The molecule has 0 aromatic heterocycles. The maximum absolute atomic E-state index is 11.1. The topological polar surface area (TPSA) is 49.3 Å². The summed E-state index contributed by atoms with van der Waals surface area (Å²) in [6, 6.07) is 0. The summed E-state index contributed by atoms with van der Waals surface area (Å²) in [5.41, 5.74) is 0.0600. The zero-order valence-electron chi connectivity index (χ0n) is 10.4. The normalized spacial score (nSPS) is 30.6. The molecule has 1 saturated heterocycles. The summed E-state index contributed by atoms with van der Waals surface area (Å²) in [7, 11) is 0. The smallest absolute Gasteiger partial charge is 0.303 e. The summed E-state index contributed by atoms with van der Waals surface area (Å²) in [6.07, 6.45) is 9.04. The summed E-state index contributed by atoms with van der Waals surface area (Å²) in [5, 5.41) is 12.5. The third-order valence-electron chi connectivity index (χ3n) is 4.48. The fourth-order valence-electron chi connectivity index (χ4n) is 3.65. The maximum atomic E-state index is 11.1. The van der Waals surface area contributed by atoms with E-state index < -0.39 is 5.97 Å². The molecule has 1 aliphatic heterocycles. The molecule has 1 saturated carbocycles. The Bertz CT molecular complexity index is 246. The Kier molecular flexibility index (Phi) is 5.74. The molecule has 0 amide bonds. The van der Waals surface area contributed by atoms with E-state index in [-0.39, 0.29) is 17.8 Å². The van der Waals surface area contributed by atoms with E-state index in [0.29, 0.717) is 12.3 Å². The maximum Gasteiger partial charge on any atom is 0.303 e. The number of nitrogens with one attached hydrogen (secondary N) is 1. The van der Waals surface area contributed by atoms with Crippen LogP contribution in [0, 0.1) is 11.3 Å². The standard InChI is InChI=1S/C13H23NO2.ClH/c15-12(16)9-13(7-4-8-14-10-13)11-5-2-1-3-6-11;/h11,14H,1-10H2,(H,15,16);1H. The van der Waals surface area contributed by atoms with Crippen LogP contribution in [0.2, 0.25) is 0 Å². The predicted molar refractivity (Wildman–Crippen MR) is 70.6 cm³/mol. The highest BCUT2D eigenvalue weighted by Gasteiger charge is 2.41. The molecule has 2 fully saturated rings. The molecule has 4 heteroatoms. The van der Waals surface area contributed by atoms with E-state index in [1.165, 1.54) is 32.1 Å². The molecule has 1 atom stereocenters. The van der Waals surface area contributed by atoms with Crippen molar-refractivity contribution in [1.82, 2.24) is 5.32 Å². The van der Waals surface area contributed by atoms with Gasteiger partial charge in [-0.05, 0) is 43.6 Å². The van der Waals surface area contributed by atoms with Crippen LogP contribution in [0.3, 0.4) is 0 Å². The van der Waals surface area contributed by atoms with Crippen LogP contribution in [0.1, 0.15) is 51.4 Å². The number of halogens is 1. The van der Waals surface area contributed by atoms with Crippen LogP contribution in [0.15, 0.2) is 0 Å². The highest BCUT2D eigenvalue weighted by atomic mass is 35.5. The van der Waals surface area contributed by atoms with E-state index >= 15 is 0 Å². The van der Waals surface area contributed by atoms with Gasteiger partial charge < -0.3 is 10.4 Å². The molecule has 0 bridgehead atoms. The first-order valence-corrected chi connectivity index (χ1v) is 6.65. The first-order chi connectivity index (χ1) is 7.73. The highest BCUT2D eigenvalue weighted by Crippen LogP contribution is 2.45. The summed E-state index contributed by atoms with van der Waals surface area (Å²) in [6.45, 7) is 1.98. The monoisotopic (exact) mass is 261 g/mol. The van der Waals surface area contributed by atoms with Crippen LogP contribution in [0.4, 0.5) is 0 Å². The number of carbonyl (C=O) groups is 1. The van der Waals surface area contributed by atoms with E-state index in [2.05, 4.69) is 5.32 Å². The van der Waals surface area contributed by atoms with Gasteiger partial charge in [-0.3, -0.25) is 4.79 Å². The SMILES string of the molecule is Cl.O=C(O)CC1(C2CCCCC2)CCCNC1. The van der Waals surface area contributed by atoms with Crippen LogP contribution in [-0.4, -0.2) is 24.2 Å². The Morgan fingerprint density at radius 3 is 2.47 bits per heavy atom. The lowest BCUT2D eigenvalue weighted by Gasteiger charge is -2.44. The Labute approximate surface area is 110 Å². The van der Waals surface area contributed by atoms with Gasteiger partial charge in [0.05, 0.1) is 6.42 Å². The van der Waals surface area contributed by atoms with Gasteiger partial charge in [-0.25, -0.2) is 0 Å². The molecule has 1 heterocycles. The lowest BCUT2D eigenvalue weighted by molar-refractivity contribution is -0.141. The van der Waals surface area contributed by atoms with Gasteiger partial charge in [0.15, 0.2) is 0 Å². The van der Waals surface area contributed by atoms with Crippen molar-refractivity contribution in [2.45, 2.75) is 51.4 Å². The number of aliphatic carboxylic acids is 1. The van der Waals surface area contributed by atoms with Gasteiger partial charge in [0.1, 0.15) is 0 Å². The van der Waals surface area contributed by atoms with E-state index in [1.807, 2.05) is 0 Å². The molecule has 3 nitrogen and oxygen atoms in total. The number of hydrogen-bond acceptors (Lipinski definition) is 2. The Morgan fingerprint density at radius 2 is 1.94 bits per heavy atom. The molecule has 2 aliphatic rings. The van der Waals surface area contributed by atoms with Gasteiger partial charge in [0.2, 0.25) is 0 Å². The van der Waals surface area contributed by atoms with Crippen molar-refractivity contribution in [3.63, 3.8) is 0 Å². The minimum Gasteiger partial charge on any atom is -0.481 e. The molecule has 2 N–H and O–H groups in total. The largest absolute Gasteiger partial charge is 0.481 e. The predicted octanol–water partition coefficient (Wildman–Crippen LogP) is 2.83. The van der Waals surface area contributed by atoms with Gasteiger partial charge in [-0.15, -0.1) is 12.4 Å². The van der Waals surface area contributed by atoms with Gasteiger partial charge in [-0.2, -0.15) is 0 Å². The Morgan fingerprint density at radius 1 is 1.24 bits per heavy atom. The summed E-state index contributed by atoms with van der Waals surface area (Å²) >= 11 is 0.